The van der Waals surface area contributed by atoms with Crippen LogP contribution in [0.4, 0.5) is 0 Å². The van der Waals surface area contributed by atoms with Gasteiger partial charge in [-0.25, -0.2) is 9.97 Å². The summed E-state index contributed by atoms with van der Waals surface area (Å²) in [5.74, 6) is 0.768. The zero-order valence-electron chi connectivity index (χ0n) is 9.25. The van der Waals surface area contributed by atoms with Crippen LogP contribution in [0, 0.1) is 6.07 Å². The van der Waals surface area contributed by atoms with Crippen LogP contribution in [0.5, 0.6) is 0 Å². The van der Waals surface area contributed by atoms with Crippen molar-refractivity contribution in [1.29, 1.82) is 0 Å². The molecule has 2 heterocycles. The van der Waals surface area contributed by atoms with Gasteiger partial charge in [-0.05, 0) is 18.2 Å². The smallest absolute Gasteiger partial charge is 0.284 e. The van der Waals surface area contributed by atoms with Crippen molar-refractivity contribution >= 4 is 22.2 Å². The number of hydrogen-bond acceptors (Lipinski definition) is 4. The minimum atomic E-state index is 0.378. The lowest BCUT2D eigenvalue weighted by atomic mass is 10.3. The monoisotopic (exact) mass is 235 g/mol. The Bertz CT molecular complexity index is 707. The fourth-order valence-electron chi connectivity index (χ4n) is 1.87. The van der Waals surface area contributed by atoms with Crippen LogP contribution in [0.3, 0.4) is 0 Å². The van der Waals surface area contributed by atoms with E-state index >= 15 is 0 Å². The predicted octanol–water partition coefficient (Wildman–Crippen LogP) is 3.44. The molecule has 0 saturated carbocycles. The van der Waals surface area contributed by atoms with Crippen molar-refractivity contribution in [2.24, 2.45) is 0 Å². The molecule has 4 rings (SSSR count). The molecule has 2 aromatic heterocycles. The lowest BCUT2D eigenvalue weighted by molar-refractivity contribution is 0.550. The summed E-state index contributed by atoms with van der Waals surface area (Å²) in [5, 5.41) is 0. The Balaban J connectivity index is 1.95. The molecule has 0 aliphatic rings. The van der Waals surface area contributed by atoms with E-state index in [-0.39, 0.29) is 0 Å². The van der Waals surface area contributed by atoms with Gasteiger partial charge in [-0.1, -0.05) is 24.3 Å². The van der Waals surface area contributed by atoms with Crippen molar-refractivity contribution in [3.05, 3.63) is 48.5 Å². The van der Waals surface area contributed by atoms with Gasteiger partial charge in [0.2, 0.25) is 0 Å². The van der Waals surface area contributed by atoms with Gasteiger partial charge >= 0.3 is 0 Å². The predicted molar refractivity (Wildman–Crippen MR) is 65.8 cm³/mol. The van der Waals surface area contributed by atoms with E-state index < -0.39 is 0 Å². The van der Waals surface area contributed by atoms with Crippen molar-refractivity contribution in [1.82, 2.24) is 9.97 Å². The van der Waals surface area contributed by atoms with Gasteiger partial charge in [-0.15, -0.1) is 0 Å². The second-order valence-corrected chi connectivity index (χ2v) is 3.89. The van der Waals surface area contributed by atoms with Crippen molar-refractivity contribution in [2.75, 3.05) is 0 Å². The van der Waals surface area contributed by atoms with Gasteiger partial charge < -0.3 is 8.83 Å². The molecule has 85 valence electrons. The number of nitrogens with zero attached hydrogens (tertiary/aromatic N) is 2. The van der Waals surface area contributed by atoms with Gasteiger partial charge in [0, 0.05) is 6.07 Å². The van der Waals surface area contributed by atoms with Crippen LogP contribution in [0.25, 0.3) is 34.0 Å². The minimum Gasteiger partial charge on any atom is -0.432 e. The molecule has 0 N–H and O–H groups in total. The second-order valence-electron chi connectivity index (χ2n) is 3.89. The van der Waals surface area contributed by atoms with Crippen LogP contribution in [-0.4, -0.2) is 9.97 Å². The highest BCUT2D eigenvalue weighted by molar-refractivity contribution is 5.77. The molecule has 0 bridgehead atoms. The first-order valence-corrected chi connectivity index (χ1v) is 5.53. The minimum absolute atomic E-state index is 0.378. The van der Waals surface area contributed by atoms with E-state index in [1.54, 1.807) is 6.07 Å². The molecule has 4 heteroatoms. The molecule has 0 aliphatic heterocycles. The average Bonchev–Trinajstić information content (AvgIpc) is 3.02. The molecule has 0 fully saturated rings. The lowest BCUT2D eigenvalue weighted by Gasteiger charge is -1.83. The highest BCUT2D eigenvalue weighted by atomic mass is 16.4. The lowest BCUT2D eigenvalue weighted by Crippen LogP contribution is -1.75. The van der Waals surface area contributed by atoms with E-state index in [0.717, 1.165) is 11.1 Å². The topological polar surface area (TPSA) is 52.1 Å². The molecule has 0 unspecified atom stereocenters. The van der Waals surface area contributed by atoms with Gasteiger partial charge in [0.1, 0.15) is 11.0 Å². The quantitative estimate of drug-likeness (QED) is 0.507. The average molecular weight is 235 g/mol. The van der Waals surface area contributed by atoms with Gasteiger partial charge in [-0.2, -0.15) is 0 Å². The maximum atomic E-state index is 5.60. The SMILES string of the molecule is [c]1cccc2oc(-c3nc4ccccc4o3)nc12. The molecule has 18 heavy (non-hydrogen) atoms. The third-order valence-corrected chi connectivity index (χ3v) is 2.69. The Kier molecular flexibility index (Phi) is 1.80. The van der Waals surface area contributed by atoms with E-state index in [9.17, 15) is 0 Å². The molecule has 2 aromatic carbocycles. The molecule has 1 radical (unpaired) electrons. The number of aromatic nitrogens is 2. The standard InChI is InChI=1S/C14H7N2O2/c1-3-7-11-9(5-1)15-13(17-11)14-16-10-6-2-4-8-12(10)18-14/h1-5,7-8H. The maximum absolute atomic E-state index is 5.60. The Labute approximate surface area is 102 Å². The summed E-state index contributed by atoms with van der Waals surface area (Å²) in [6.45, 7) is 0. The molecule has 0 atom stereocenters. The van der Waals surface area contributed by atoms with Crippen LogP contribution in [0.2, 0.25) is 0 Å². The highest BCUT2D eigenvalue weighted by Gasteiger charge is 2.14. The Morgan fingerprint density at radius 2 is 1.61 bits per heavy atom. The first-order valence-electron chi connectivity index (χ1n) is 5.53. The molecule has 4 aromatic rings. The van der Waals surface area contributed by atoms with E-state index in [1.807, 2.05) is 36.4 Å². The van der Waals surface area contributed by atoms with E-state index in [1.165, 1.54) is 0 Å². The van der Waals surface area contributed by atoms with E-state index in [2.05, 4.69) is 16.0 Å². The summed E-state index contributed by atoms with van der Waals surface area (Å²) >= 11 is 0. The number of hydrogen-bond donors (Lipinski definition) is 0. The number of fused-ring (bicyclic) bond motifs is 2. The van der Waals surface area contributed by atoms with Gasteiger partial charge in [0.15, 0.2) is 11.2 Å². The Morgan fingerprint density at radius 1 is 0.833 bits per heavy atom. The second kappa shape index (κ2) is 3.43. The molecule has 0 spiro atoms. The third-order valence-electron chi connectivity index (χ3n) is 2.69. The summed E-state index contributed by atoms with van der Waals surface area (Å²) in [4.78, 5) is 8.64. The summed E-state index contributed by atoms with van der Waals surface area (Å²) in [6, 6.07) is 16.0. The number of para-hydroxylation sites is 3. The van der Waals surface area contributed by atoms with Crippen molar-refractivity contribution in [3.8, 4) is 11.8 Å². The summed E-state index contributed by atoms with van der Waals surface area (Å²) < 4.78 is 11.2. The fraction of sp³-hybridized carbons (Fsp3) is 0. The van der Waals surface area contributed by atoms with Crippen molar-refractivity contribution < 1.29 is 8.83 Å². The van der Waals surface area contributed by atoms with Crippen LogP contribution < -0.4 is 0 Å². The molecule has 0 aliphatic carbocycles. The number of rotatable bonds is 1. The number of benzene rings is 2. The highest BCUT2D eigenvalue weighted by Crippen LogP contribution is 2.26. The zero-order chi connectivity index (χ0) is 11.9. The van der Waals surface area contributed by atoms with Crippen molar-refractivity contribution in [2.45, 2.75) is 0 Å². The third kappa shape index (κ3) is 1.32. The Morgan fingerprint density at radius 3 is 2.50 bits per heavy atom. The van der Waals surface area contributed by atoms with E-state index in [0.29, 0.717) is 22.9 Å². The van der Waals surface area contributed by atoms with Gasteiger partial charge in [0.05, 0.1) is 0 Å². The van der Waals surface area contributed by atoms with Crippen LogP contribution >= 0.6 is 0 Å². The largest absolute Gasteiger partial charge is 0.432 e. The summed E-state index contributed by atoms with van der Waals surface area (Å²) in [7, 11) is 0. The van der Waals surface area contributed by atoms with Crippen molar-refractivity contribution in [3.63, 3.8) is 0 Å². The van der Waals surface area contributed by atoms with Gasteiger partial charge in [-0.3, -0.25) is 0 Å². The zero-order valence-corrected chi connectivity index (χ0v) is 9.25. The summed E-state index contributed by atoms with van der Waals surface area (Å²) in [6.07, 6.45) is 0. The van der Waals surface area contributed by atoms with Gasteiger partial charge in [0.25, 0.3) is 11.8 Å². The summed E-state index contributed by atoms with van der Waals surface area (Å²) in [5.41, 5.74) is 2.86. The Hall–Kier alpha value is -2.62. The molecular weight excluding hydrogens is 228 g/mol. The first-order chi connectivity index (χ1) is 8.90. The normalized spacial score (nSPS) is 11.3. The van der Waals surface area contributed by atoms with Crippen LogP contribution in [0.1, 0.15) is 0 Å². The van der Waals surface area contributed by atoms with Crippen LogP contribution in [0.15, 0.2) is 51.3 Å². The molecule has 0 amide bonds. The van der Waals surface area contributed by atoms with Crippen LogP contribution in [-0.2, 0) is 0 Å². The van der Waals surface area contributed by atoms with E-state index in [4.69, 9.17) is 8.83 Å². The molecule has 4 nitrogen and oxygen atoms in total. The number of oxazole rings is 2. The molecule has 0 saturated heterocycles. The first kappa shape index (κ1) is 9.41. The molecular formula is C14H7N2O2. The fourth-order valence-corrected chi connectivity index (χ4v) is 1.87. The maximum Gasteiger partial charge on any atom is 0.284 e.